The van der Waals surface area contributed by atoms with E-state index in [1.807, 2.05) is 6.07 Å². The number of nitrogens with one attached hydrogen (secondary N) is 1. The molecule has 3 rings (SSSR count). The molecule has 110 valence electrons. The number of anilines is 1. The fourth-order valence-electron chi connectivity index (χ4n) is 2.83. The van der Waals surface area contributed by atoms with Crippen molar-refractivity contribution in [1.82, 2.24) is 14.9 Å². The zero-order valence-electron chi connectivity index (χ0n) is 12.3. The molecule has 1 aliphatic rings. The standard InChI is InChI=1S/C17H22N4/c1-2-4-16(5-3-1)13-21-10-7-15(8-11-21)12-19-17-6-9-18-14-20-17/h1-6,9,14-15H,7-8,10-13H2,(H,18,19,20). The molecule has 0 unspecified atom stereocenters. The number of benzene rings is 1. The average molecular weight is 282 g/mol. The van der Waals surface area contributed by atoms with Gasteiger partial charge in [0, 0.05) is 19.3 Å². The lowest BCUT2D eigenvalue weighted by atomic mass is 9.96. The second kappa shape index (κ2) is 7.18. The van der Waals surface area contributed by atoms with Gasteiger partial charge in [-0.15, -0.1) is 0 Å². The van der Waals surface area contributed by atoms with Crippen molar-refractivity contribution < 1.29 is 0 Å². The van der Waals surface area contributed by atoms with E-state index in [0.29, 0.717) is 0 Å². The molecule has 0 amide bonds. The van der Waals surface area contributed by atoms with Gasteiger partial charge in [-0.1, -0.05) is 30.3 Å². The summed E-state index contributed by atoms with van der Waals surface area (Å²) in [5.74, 6) is 1.67. The van der Waals surface area contributed by atoms with E-state index in [-0.39, 0.29) is 0 Å². The SMILES string of the molecule is c1ccc(CN2CCC(CNc3ccncn3)CC2)cc1. The van der Waals surface area contributed by atoms with Crippen molar-refractivity contribution in [3.63, 3.8) is 0 Å². The quantitative estimate of drug-likeness (QED) is 0.915. The zero-order valence-corrected chi connectivity index (χ0v) is 12.3. The lowest BCUT2D eigenvalue weighted by molar-refractivity contribution is 0.182. The van der Waals surface area contributed by atoms with Crippen LogP contribution in [0.25, 0.3) is 0 Å². The maximum Gasteiger partial charge on any atom is 0.129 e. The second-order valence-electron chi connectivity index (χ2n) is 5.68. The van der Waals surface area contributed by atoms with Crippen molar-refractivity contribution in [3.8, 4) is 0 Å². The molecule has 0 bridgehead atoms. The number of hydrogen-bond donors (Lipinski definition) is 1. The summed E-state index contributed by atoms with van der Waals surface area (Å²) in [5.41, 5.74) is 1.41. The Bertz CT molecular complexity index is 521. The van der Waals surface area contributed by atoms with E-state index in [1.54, 1.807) is 12.5 Å². The summed E-state index contributed by atoms with van der Waals surface area (Å²) >= 11 is 0. The van der Waals surface area contributed by atoms with Crippen molar-refractivity contribution in [2.75, 3.05) is 25.0 Å². The Kier molecular flexibility index (Phi) is 4.79. The highest BCUT2D eigenvalue weighted by molar-refractivity contribution is 5.31. The summed E-state index contributed by atoms with van der Waals surface area (Å²) < 4.78 is 0. The van der Waals surface area contributed by atoms with Crippen LogP contribution >= 0.6 is 0 Å². The number of aromatic nitrogens is 2. The maximum atomic E-state index is 4.20. The van der Waals surface area contributed by atoms with Gasteiger partial charge >= 0.3 is 0 Å². The predicted molar refractivity (Wildman–Crippen MR) is 85.0 cm³/mol. The molecule has 1 saturated heterocycles. The zero-order chi connectivity index (χ0) is 14.3. The normalized spacial score (nSPS) is 16.8. The van der Waals surface area contributed by atoms with Crippen LogP contribution in [0.4, 0.5) is 5.82 Å². The van der Waals surface area contributed by atoms with Crippen molar-refractivity contribution in [3.05, 3.63) is 54.5 Å². The molecule has 1 aliphatic heterocycles. The highest BCUT2D eigenvalue weighted by Gasteiger charge is 2.19. The van der Waals surface area contributed by atoms with Crippen LogP contribution in [0.1, 0.15) is 18.4 Å². The minimum atomic E-state index is 0.743. The highest BCUT2D eigenvalue weighted by Crippen LogP contribution is 2.19. The molecule has 1 aromatic carbocycles. The molecule has 2 aromatic rings. The van der Waals surface area contributed by atoms with E-state index in [1.165, 1.54) is 31.5 Å². The molecule has 0 aliphatic carbocycles. The molecule has 2 heterocycles. The topological polar surface area (TPSA) is 41.0 Å². The Morgan fingerprint density at radius 2 is 1.90 bits per heavy atom. The van der Waals surface area contributed by atoms with Crippen LogP contribution in [0, 0.1) is 5.92 Å². The molecule has 0 saturated carbocycles. The fourth-order valence-corrected chi connectivity index (χ4v) is 2.83. The van der Waals surface area contributed by atoms with Crippen LogP contribution in [0.15, 0.2) is 48.9 Å². The highest BCUT2D eigenvalue weighted by atomic mass is 15.1. The summed E-state index contributed by atoms with van der Waals surface area (Å²) in [4.78, 5) is 10.7. The lowest BCUT2D eigenvalue weighted by Gasteiger charge is -2.32. The Morgan fingerprint density at radius 3 is 2.62 bits per heavy atom. The minimum Gasteiger partial charge on any atom is -0.370 e. The van der Waals surface area contributed by atoms with Gasteiger partial charge < -0.3 is 5.32 Å². The number of rotatable bonds is 5. The van der Waals surface area contributed by atoms with Crippen LogP contribution in [-0.2, 0) is 6.54 Å². The van der Waals surface area contributed by atoms with Gasteiger partial charge in [0.1, 0.15) is 12.1 Å². The van der Waals surface area contributed by atoms with Gasteiger partial charge in [0.25, 0.3) is 0 Å². The number of likely N-dealkylation sites (tertiary alicyclic amines) is 1. The van der Waals surface area contributed by atoms with Gasteiger partial charge in [-0.2, -0.15) is 0 Å². The van der Waals surface area contributed by atoms with Crippen molar-refractivity contribution >= 4 is 5.82 Å². The van der Waals surface area contributed by atoms with Crippen molar-refractivity contribution in [2.24, 2.45) is 5.92 Å². The van der Waals surface area contributed by atoms with Crippen LogP contribution in [0.2, 0.25) is 0 Å². The summed E-state index contributed by atoms with van der Waals surface area (Å²) in [6, 6.07) is 12.7. The molecule has 21 heavy (non-hydrogen) atoms. The second-order valence-corrected chi connectivity index (χ2v) is 5.68. The maximum absolute atomic E-state index is 4.20. The van der Waals surface area contributed by atoms with Gasteiger partial charge in [0.2, 0.25) is 0 Å². The first-order valence-corrected chi connectivity index (χ1v) is 7.66. The van der Waals surface area contributed by atoms with E-state index in [0.717, 1.165) is 24.8 Å². The summed E-state index contributed by atoms with van der Waals surface area (Å²) in [6.45, 7) is 4.46. The Hall–Kier alpha value is -1.94. The first-order chi connectivity index (χ1) is 10.4. The number of piperidine rings is 1. The van der Waals surface area contributed by atoms with Gasteiger partial charge in [-0.05, 0) is 43.5 Å². The summed E-state index contributed by atoms with van der Waals surface area (Å²) in [5, 5.41) is 3.41. The van der Waals surface area contributed by atoms with Gasteiger partial charge in [0.15, 0.2) is 0 Å². The third kappa shape index (κ3) is 4.26. The molecule has 0 atom stereocenters. The molecule has 0 spiro atoms. The Morgan fingerprint density at radius 1 is 1.10 bits per heavy atom. The van der Waals surface area contributed by atoms with Crippen LogP contribution in [0.3, 0.4) is 0 Å². The van der Waals surface area contributed by atoms with Gasteiger partial charge in [-0.3, -0.25) is 4.90 Å². The largest absolute Gasteiger partial charge is 0.370 e. The van der Waals surface area contributed by atoms with Crippen molar-refractivity contribution in [2.45, 2.75) is 19.4 Å². The summed E-state index contributed by atoms with van der Waals surface area (Å²) in [7, 11) is 0. The van der Waals surface area contributed by atoms with Crippen LogP contribution in [-0.4, -0.2) is 34.5 Å². The van der Waals surface area contributed by atoms with E-state index in [4.69, 9.17) is 0 Å². The average Bonchev–Trinajstić information content (AvgIpc) is 2.56. The minimum absolute atomic E-state index is 0.743. The monoisotopic (exact) mass is 282 g/mol. The third-order valence-electron chi connectivity index (χ3n) is 4.11. The molecule has 1 N–H and O–H groups in total. The van der Waals surface area contributed by atoms with Gasteiger partial charge in [-0.25, -0.2) is 9.97 Å². The first-order valence-electron chi connectivity index (χ1n) is 7.66. The third-order valence-corrected chi connectivity index (χ3v) is 4.11. The number of hydrogen-bond acceptors (Lipinski definition) is 4. The van der Waals surface area contributed by atoms with E-state index >= 15 is 0 Å². The van der Waals surface area contributed by atoms with Crippen LogP contribution in [0.5, 0.6) is 0 Å². The van der Waals surface area contributed by atoms with E-state index in [9.17, 15) is 0 Å². The fraction of sp³-hybridized carbons (Fsp3) is 0.412. The molecule has 0 radical (unpaired) electrons. The molecular formula is C17H22N4. The Balaban J connectivity index is 1.41. The van der Waals surface area contributed by atoms with E-state index < -0.39 is 0 Å². The number of nitrogens with zero attached hydrogens (tertiary/aromatic N) is 3. The van der Waals surface area contributed by atoms with Gasteiger partial charge in [0.05, 0.1) is 0 Å². The predicted octanol–water partition coefficient (Wildman–Crippen LogP) is 2.80. The first kappa shape index (κ1) is 14.0. The smallest absolute Gasteiger partial charge is 0.129 e. The molecule has 4 heteroatoms. The Labute approximate surface area is 126 Å². The van der Waals surface area contributed by atoms with E-state index in [2.05, 4.69) is 50.5 Å². The lowest BCUT2D eigenvalue weighted by Crippen LogP contribution is -2.35. The molecule has 4 nitrogen and oxygen atoms in total. The van der Waals surface area contributed by atoms with Crippen molar-refractivity contribution in [1.29, 1.82) is 0 Å². The molecule has 1 aromatic heterocycles. The molecule has 1 fully saturated rings. The van der Waals surface area contributed by atoms with Crippen LogP contribution < -0.4 is 5.32 Å². The molecular weight excluding hydrogens is 260 g/mol. The summed E-state index contributed by atoms with van der Waals surface area (Å²) in [6.07, 6.45) is 5.87.